The summed E-state index contributed by atoms with van der Waals surface area (Å²) in [6.45, 7) is 8.02. The van der Waals surface area contributed by atoms with Gasteiger partial charge in [-0.25, -0.2) is 4.79 Å². The second-order valence-electron chi connectivity index (χ2n) is 7.65. The zero-order valence-electron chi connectivity index (χ0n) is 13.4. The van der Waals surface area contributed by atoms with Crippen LogP contribution >= 0.6 is 0 Å². The first-order valence-corrected chi connectivity index (χ1v) is 8.07. The first kappa shape index (κ1) is 15.6. The number of nitrogens with one attached hydrogen (secondary N) is 2. The predicted octanol–water partition coefficient (Wildman–Crippen LogP) is 3.21. The van der Waals surface area contributed by atoms with E-state index in [9.17, 15) is 4.79 Å². The maximum Gasteiger partial charge on any atom is 0.407 e. The molecule has 2 unspecified atom stereocenters. The first-order chi connectivity index (χ1) is 9.32. The second-order valence-corrected chi connectivity index (χ2v) is 7.65. The summed E-state index contributed by atoms with van der Waals surface area (Å²) in [5.41, 5.74) is -0.413. The molecule has 0 bridgehead atoms. The number of carbonyl (C=O) groups excluding carboxylic acids is 1. The molecule has 2 fully saturated rings. The molecule has 0 radical (unpaired) electrons. The van der Waals surface area contributed by atoms with E-state index in [2.05, 4.69) is 17.6 Å². The zero-order valence-corrected chi connectivity index (χ0v) is 13.4. The van der Waals surface area contributed by atoms with E-state index in [0.717, 1.165) is 18.8 Å². The number of amides is 1. The molecule has 2 saturated carbocycles. The van der Waals surface area contributed by atoms with E-state index in [1.807, 2.05) is 20.8 Å². The molecule has 116 valence electrons. The lowest BCUT2D eigenvalue weighted by Gasteiger charge is -2.40. The van der Waals surface area contributed by atoms with Gasteiger partial charge in [0.1, 0.15) is 5.60 Å². The van der Waals surface area contributed by atoms with E-state index in [4.69, 9.17) is 4.74 Å². The minimum atomic E-state index is -0.413. The van der Waals surface area contributed by atoms with Gasteiger partial charge >= 0.3 is 6.09 Å². The molecule has 0 aromatic carbocycles. The number of hydrogen-bond acceptors (Lipinski definition) is 3. The van der Waals surface area contributed by atoms with Gasteiger partial charge in [-0.1, -0.05) is 19.8 Å². The average Bonchev–Trinajstić information content (AvgIpc) is 2.23. The van der Waals surface area contributed by atoms with Crippen LogP contribution in [0.3, 0.4) is 0 Å². The maximum absolute atomic E-state index is 11.6. The number of hydrogen-bond donors (Lipinski definition) is 2. The third-order valence-corrected chi connectivity index (χ3v) is 4.27. The SMILES string of the molecule is CC1CCCC(NC2CC(NC(=O)OC(C)(C)C)C2)C1. The van der Waals surface area contributed by atoms with Crippen LogP contribution < -0.4 is 10.6 Å². The molecule has 2 aliphatic carbocycles. The van der Waals surface area contributed by atoms with Crippen LogP contribution in [0.4, 0.5) is 4.79 Å². The highest BCUT2D eigenvalue weighted by atomic mass is 16.6. The minimum absolute atomic E-state index is 0.281. The molecule has 0 aromatic heterocycles. The fourth-order valence-electron chi connectivity index (χ4n) is 3.26. The highest BCUT2D eigenvalue weighted by Gasteiger charge is 2.33. The molecule has 2 atom stereocenters. The van der Waals surface area contributed by atoms with E-state index in [1.165, 1.54) is 25.7 Å². The molecule has 2 rings (SSSR count). The van der Waals surface area contributed by atoms with E-state index >= 15 is 0 Å². The van der Waals surface area contributed by atoms with Crippen molar-refractivity contribution in [1.29, 1.82) is 0 Å². The van der Waals surface area contributed by atoms with E-state index in [0.29, 0.717) is 12.1 Å². The van der Waals surface area contributed by atoms with Gasteiger partial charge < -0.3 is 15.4 Å². The van der Waals surface area contributed by atoms with Gasteiger partial charge in [0.15, 0.2) is 0 Å². The lowest BCUT2D eigenvalue weighted by molar-refractivity contribution is 0.0460. The fourth-order valence-corrected chi connectivity index (χ4v) is 3.26. The molecular formula is C16H30N2O2. The predicted molar refractivity (Wildman–Crippen MR) is 80.7 cm³/mol. The smallest absolute Gasteiger partial charge is 0.407 e. The second kappa shape index (κ2) is 6.33. The standard InChI is InChI=1S/C16H30N2O2/c1-11-6-5-7-12(8-11)17-13-9-14(10-13)18-15(19)20-16(2,3)4/h11-14,17H,5-10H2,1-4H3,(H,18,19). The third-order valence-electron chi connectivity index (χ3n) is 4.27. The van der Waals surface area contributed by atoms with Crippen molar-refractivity contribution in [3.63, 3.8) is 0 Å². The normalized spacial score (nSPS) is 34.2. The summed E-state index contributed by atoms with van der Waals surface area (Å²) in [5.74, 6) is 0.858. The van der Waals surface area contributed by atoms with Gasteiger partial charge in [0.25, 0.3) is 0 Å². The number of alkyl carbamates (subject to hydrolysis) is 1. The monoisotopic (exact) mass is 282 g/mol. The molecular weight excluding hydrogens is 252 g/mol. The van der Waals surface area contributed by atoms with Crippen LogP contribution in [-0.4, -0.2) is 29.8 Å². The van der Waals surface area contributed by atoms with Crippen LogP contribution in [0.1, 0.15) is 66.2 Å². The van der Waals surface area contributed by atoms with Crippen molar-refractivity contribution >= 4 is 6.09 Å². The topological polar surface area (TPSA) is 50.4 Å². The summed E-state index contributed by atoms with van der Waals surface area (Å²) < 4.78 is 5.27. The van der Waals surface area contributed by atoms with Crippen molar-refractivity contribution < 1.29 is 9.53 Å². The first-order valence-electron chi connectivity index (χ1n) is 8.07. The van der Waals surface area contributed by atoms with Crippen molar-refractivity contribution in [2.45, 2.75) is 89.9 Å². The van der Waals surface area contributed by atoms with Crippen LogP contribution in [0.25, 0.3) is 0 Å². The molecule has 1 amide bonds. The summed E-state index contributed by atoms with van der Waals surface area (Å²) in [4.78, 5) is 11.6. The number of carbonyl (C=O) groups is 1. The Morgan fingerprint density at radius 1 is 1.05 bits per heavy atom. The van der Waals surface area contributed by atoms with Gasteiger partial charge in [-0.15, -0.1) is 0 Å². The van der Waals surface area contributed by atoms with Crippen molar-refractivity contribution in [2.24, 2.45) is 5.92 Å². The third kappa shape index (κ3) is 4.97. The average molecular weight is 282 g/mol. The Balaban J connectivity index is 1.61. The fraction of sp³-hybridized carbons (Fsp3) is 0.938. The molecule has 20 heavy (non-hydrogen) atoms. The molecule has 4 heteroatoms. The maximum atomic E-state index is 11.6. The van der Waals surface area contributed by atoms with E-state index in [1.54, 1.807) is 0 Å². The van der Waals surface area contributed by atoms with Crippen LogP contribution in [0.5, 0.6) is 0 Å². The van der Waals surface area contributed by atoms with Crippen molar-refractivity contribution in [3.05, 3.63) is 0 Å². The molecule has 0 heterocycles. The minimum Gasteiger partial charge on any atom is -0.444 e. The summed E-state index contributed by atoms with van der Waals surface area (Å²) >= 11 is 0. The van der Waals surface area contributed by atoms with Gasteiger partial charge in [0.2, 0.25) is 0 Å². The van der Waals surface area contributed by atoms with Crippen LogP contribution in [0.15, 0.2) is 0 Å². The van der Waals surface area contributed by atoms with Gasteiger partial charge in [-0.2, -0.15) is 0 Å². The number of rotatable bonds is 3. The van der Waals surface area contributed by atoms with Gasteiger partial charge in [0, 0.05) is 18.1 Å². The Bertz CT molecular complexity index is 332. The number of ether oxygens (including phenoxy) is 1. The largest absolute Gasteiger partial charge is 0.444 e. The zero-order chi connectivity index (χ0) is 14.8. The van der Waals surface area contributed by atoms with Crippen LogP contribution in [-0.2, 0) is 4.74 Å². The summed E-state index contributed by atoms with van der Waals surface area (Å²) in [6.07, 6.45) is 7.13. The summed E-state index contributed by atoms with van der Waals surface area (Å²) in [5, 5.41) is 6.69. The van der Waals surface area contributed by atoms with Crippen molar-refractivity contribution in [1.82, 2.24) is 10.6 Å². The summed E-state index contributed by atoms with van der Waals surface area (Å²) in [7, 11) is 0. The highest BCUT2D eigenvalue weighted by molar-refractivity contribution is 5.68. The molecule has 0 spiro atoms. The lowest BCUT2D eigenvalue weighted by atomic mass is 9.82. The van der Waals surface area contributed by atoms with E-state index in [-0.39, 0.29) is 12.1 Å². The molecule has 0 aromatic rings. The molecule has 2 aliphatic rings. The van der Waals surface area contributed by atoms with Gasteiger partial charge in [0.05, 0.1) is 0 Å². The van der Waals surface area contributed by atoms with Crippen molar-refractivity contribution in [2.75, 3.05) is 0 Å². The quantitative estimate of drug-likeness (QED) is 0.835. The Hall–Kier alpha value is -0.770. The Kier molecular flexibility index (Phi) is 4.95. The highest BCUT2D eigenvalue weighted by Crippen LogP contribution is 2.27. The molecule has 0 aliphatic heterocycles. The Morgan fingerprint density at radius 3 is 2.35 bits per heavy atom. The Morgan fingerprint density at radius 2 is 1.75 bits per heavy atom. The molecule has 4 nitrogen and oxygen atoms in total. The molecule has 0 saturated heterocycles. The Labute approximate surface area is 123 Å². The van der Waals surface area contributed by atoms with Crippen LogP contribution in [0, 0.1) is 5.92 Å². The van der Waals surface area contributed by atoms with Gasteiger partial charge in [-0.05, 0) is 52.4 Å². The lowest BCUT2D eigenvalue weighted by Crippen LogP contribution is -2.55. The van der Waals surface area contributed by atoms with E-state index < -0.39 is 5.60 Å². The van der Waals surface area contributed by atoms with Crippen LogP contribution in [0.2, 0.25) is 0 Å². The summed E-state index contributed by atoms with van der Waals surface area (Å²) in [6, 6.07) is 1.54. The van der Waals surface area contributed by atoms with Gasteiger partial charge in [-0.3, -0.25) is 0 Å². The molecule has 2 N–H and O–H groups in total. The van der Waals surface area contributed by atoms with Crippen molar-refractivity contribution in [3.8, 4) is 0 Å².